The van der Waals surface area contributed by atoms with E-state index in [1.54, 1.807) is 19.6 Å². The van der Waals surface area contributed by atoms with Crippen molar-refractivity contribution in [1.82, 2.24) is 19.4 Å². The fraction of sp³-hybridized carbons (Fsp3) is 0.235. The van der Waals surface area contributed by atoms with E-state index >= 15 is 0 Å². The van der Waals surface area contributed by atoms with Gasteiger partial charge in [-0.1, -0.05) is 0 Å². The van der Waals surface area contributed by atoms with Crippen LogP contribution in [0.3, 0.4) is 0 Å². The molecule has 0 fully saturated rings. The molecule has 0 bridgehead atoms. The molecule has 9 heteroatoms. The number of hydrogen-bond donors (Lipinski definition) is 1. The second kappa shape index (κ2) is 7.18. The Kier molecular flexibility index (Phi) is 4.78. The van der Waals surface area contributed by atoms with E-state index in [9.17, 15) is 19.7 Å². The number of pyridine rings is 1. The maximum Gasteiger partial charge on any atom is 0.270 e. The molecule has 0 radical (unpaired) electrons. The normalized spacial score (nSPS) is 10.8. The summed E-state index contributed by atoms with van der Waals surface area (Å²) in [7, 11) is 1.64. The van der Waals surface area contributed by atoms with Crippen LogP contribution in [0.4, 0.5) is 5.69 Å². The lowest BCUT2D eigenvalue weighted by Gasteiger charge is -2.18. The van der Waals surface area contributed by atoms with E-state index in [2.05, 4.69) is 9.97 Å². The number of nitrogens with one attached hydrogen (secondary N) is 1. The van der Waals surface area contributed by atoms with E-state index in [1.807, 2.05) is 10.8 Å². The van der Waals surface area contributed by atoms with Gasteiger partial charge in [-0.25, -0.2) is 4.98 Å². The Morgan fingerprint density at radius 3 is 2.88 bits per heavy atom. The first-order valence-electron chi connectivity index (χ1n) is 7.98. The molecule has 2 heterocycles. The summed E-state index contributed by atoms with van der Waals surface area (Å²) in [5, 5.41) is 11.4. The topological polar surface area (TPSA) is 114 Å². The van der Waals surface area contributed by atoms with Gasteiger partial charge in [-0.2, -0.15) is 0 Å². The average molecular weight is 355 g/mol. The molecular weight excluding hydrogens is 338 g/mol. The van der Waals surface area contributed by atoms with Crippen LogP contribution < -0.4 is 5.56 Å². The largest absolute Gasteiger partial charge is 0.342 e. The van der Waals surface area contributed by atoms with Gasteiger partial charge >= 0.3 is 0 Å². The van der Waals surface area contributed by atoms with Crippen molar-refractivity contribution in [3.63, 3.8) is 0 Å². The number of imidazole rings is 1. The summed E-state index contributed by atoms with van der Waals surface area (Å²) in [6, 6.07) is 5.21. The number of rotatable bonds is 6. The van der Waals surface area contributed by atoms with Gasteiger partial charge < -0.3 is 14.5 Å². The predicted molar refractivity (Wildman–Crippen MR) is 95.0 cm³/mol. The summed E-state index contributed by atoms with van der Waals surface area (Å²) in [6.07, 6.45) is 5.93. The summed E-state index contributed by atoms with van der Waals surface area (Å²) in [5.41, 5.74) is -0.0290. The Hall–Kier alpha value is -3.49. The number of H-pyrrole nitrogens is 1. The van der Waals surface area contributed by atoms with Gasteiger partial charge in [-0.15, -0.1) is 0 Å². The lowest BCUT2D eigenvalue weighted by Crippen LogP contribution is -2.29. The Morgan fingerprint density at radius 1 is 1.38 bits per heavy atom. The minimum Gasteiger partial charge on any atom is -0.342 e. The molecule has 3 aromatic rings. The first kappa shape index (κ1) is 17.3. The highest BCUT2D eigenvalue weighted by atomic mass is 16.6. The van der Waals surface area contributed by atoms with Gasteiger partial charge in [0.2, 0.25) is 5.56 Å². The molecule has 0 saturated carbocycles. The number of aromatic nitrogens is 3. The van der Waals surface area contributed by atoms with Crippen molar-refractivity contribution in [3.8, 4) is 0 Å². The molecule has 26 heavy (non-hydrogen) atoms. The lowest BCUT2D eigenvalue weighted by molar-refractivity contribution is -0.384. The first-order valence-corrected chi connectivity index (χ1v) is 7.98. The van der Waals surface area contributed by atoms with Gasteiger partial charge in [0.15, 0.2) is 0 Å². The highest BCUT2D eigenvalue weighted by Crippen LogP contribution is 2.22. The third-order valence-corrected chi connectivity index (χ3v) is 4.08. The quantitative estimate of drug-likeness (QED) is 0.535. The van der Waals surface area contributed by atoms with E-state index in [0.29, 0.717) is 30.4 Å². The van der Waals surface area contributed by atoms with Crippen molar-refractivity contribution in [2.75, 3.05) is 13.6 Å². The molecule has 0 saturated heterocycles. The molecule has 1 amide bonds. The van der Waals surface area contributed by atoms with E-state index in [1.165, 1.54) is 29.2 Å². The van der Waals surface area contributed by atoms with Crippen molar-refractivity contribution in [2.24, 2.45) is 0 Å². The molecule has 0 aliphatic carbocycles. The van der Waals surface area contributed by atoms with Crippen LogP contribution in [0, 0.1) is 10.1 Å². The number of nitro groups is 1. The number of aryl methyl sites for hydroxylation is 1. The van der Waals surface area contributed by atoms with Gasteiger partial charge in [0, 0.05) is 61.6 Å². The zero-order valence-corrected chi connectivity index (χ0v) is 14.1. The lowest BCUT2D eigenvalue weighted by atomic mass is 10.1. The second-order valence-electron chi connectivity index (χ2n) is 5.92. The second-order valence-corrected chi connectivity index (χ2v) is 5.92. The highest BCUT2D eigenvalue weighted by Gasteiger charge is 2.18. The molecule has 134 valence electrons. The number of nitro benzene ring substituents is 1. The summed E-state index contributed by atoms with van der Waals surface area (Å²) < 4.78 is 1.91. The van der Waals surface area contributed by atoms with Gasteiger partial charge in [-0.05, 0) is 12.5 Å². The van der Waals surface area contributed by atoms with Crippen molar-refractivity contribution in [1.29, 1.82) is 0 Å². The minimum atomic E-state index is -0.534. The number of nitrogens with zero attached hydrogens (tertiary/aromatic N) is 4. The van der Waals surface area contributed by atoms with Crippen LogP contribution in [0.25, 0.3) is 10.9 Å². The number of fused-ring (bicyclic) bond motifs is 1. The molecule has 0 aliphatic heterocycles. The monoisotopic (exact) mass is 355 g/mol. The number of carbonyl (C=O) groups excluding carboxylic acids is 1. The third-order valence-electron chi connectivity index (χ3n) is 4.08. The van der Waals surface area contributed by atoms with Crippen molar-refractivity contribution in [2.45, 2.75) is 13.0 Å². The molecule has 9 nitrogen and oxygen atoms in total. The summed E-state index contributed by atoms with van der Waals surface area (Å²) in [5.74, 6) is -0.354. The molecule has 0 unspecified atom stereocenters. The van der Waals surface area contributed by atoms with Crippen LogP contribution in [-0.4, -0.2) is 43.9 Å². The summed E-state index contributed by atoms with van der Waals surface area (Å²) in [4.78, 5) is 43.1. The Balaban J connectivity index is 1.85. The summed E-state index contributed by atoms with van der Waals surface area (Å²) >= 11 is 0. The van der Waals surface area contributed by atoms with E-state index in [-0.39, 0.29) is 17.2 Å². The minimum absolute atomic E-state index is 0.138. The summed E-state index contributed by atoms with van der Waals surface area (Å²) in [6.45, 7) is 1.18. The van der Waals surface area contributed by atoms with Crippen molar-refractivity contribution in [3.05, 3.63) is 69.0 Å². The van der Waals surface area contributed by atoms with Crippen LogP contribution in [0.1, 0.15) is 16.8 Å². The highest BCUT2D eigenvalue weighted by molar-refractivity contribution is 6.06. The molecular formula is C17H17N5O4. The molecule has 1 N–H and O–H groups in total. The Labute approximate surface area is 148 Å². The fourth-order valence-corrected chi connectivity index (χ4v) is 2.75. The van der Waals surface area contributed by atoms with E-state index in [4.69, 9.17) is 0 Å². The molecule has 0 aliphatic rings. The standard InChI is InChI=1S/C17H17N5O4/c1-20(6-2-7-21-8-5-18-11-21)17(24)14-10-16(23)19-15-4-3-12(22(25)26)9-13(14)15/h3-5,8-11H,2,6-7H2,1H3,(H,19,23). The van der Waals surface area contributed by atoms with Gasteiger partial charge in [-0.3, -0.25) is 19.7 Å². The average Bonchev–Trinajstić information content (AvgIpc) is 3.13. The van der Waals surface area contributed by atoms with Crippen LogP contribution in [0.5, 0.6) is 0 Å². The zero-order chi connectivity index (χ0) is 18.7. The van der Waals surface area contributed by atoms with Gasteiger partial charge in [0.1, 0.15) is 0 Å². The predicted octanol–water partition coefficient (Wildman–Crippen LogP) is 1.80. The maximum atomic E-state index is 12.8. The number of hydrogen-bond acceptors (Lipinski definition) is 5. The van der Waals surface area contributed by atoms with Crippen molar-refractivity contribution < 1.29 is 9.72 Å². The van der Waals surface area contributed by atoms with Crippen molar-refractivity contribution >= 4 is 22.5 Å². The molecule has 0 spiro atoms. The fourth-order valence-electron chi connectivity index (χ4n) is 2.75. The number of non-ortho nitro benzene ring substituents is 1. The van der Waals surface area contributed by atoms with E-state index < -0.39 is 10.5 Å². The van der Waals surface area contributed by atoms with Crippen LogP contribution in [0.15, 0.2) is 47.8 Å². The third kappa shape index (κ3) is 3.61. The molecule has 2 aromatic heterocycles. The zero-order valence-electron chi connectivity index (χ0n) is 14.1. The van der Waals surface area contributed by atoms with Crippen LogP contribution in [-0.2, 0) is 6.54 Å². The first-order chi connectivity index (χ1) is 12.5. The molecule has 3 rings (SSSR count). The van der Waals surface area contributed by atoms with Gasteiger partial charge in [0.25, 0.3) is 11.6 Å². The maximum absolute atomic E-state index is 12.8. The number of benzene rings is 1. The Bertz CT molecular complexity index is 1010. The smallest absolute Gasteiger partial charge is 0.270 e. The van der Waals surface area contributed by atoms with Gasteiger partial charge in [0.05, 0.1) is 16.8 Å². The van der Waals surface area contributed by atoms with Crippen LogP contribution in [0.2, 0.25) is 0 Å². The number of aromatic amines is 1. The Morgan fingerprint density at radius 2 is 2.19 bits per heavy atom. The van der Waals surface area contributed by atoms with E-state index in [0.717, 1.165) is 0 Å². The number of carbonyl (C=O) groups is 1. The number of amides is 1. The molecule has 0 atom stereocenters. The SMILES string of the molecule is CN(CCCn1ccnc1)C(=O)c1cc(=O)[nH]c2ccc([N+](=O)[O-])cc12. The molecule has 1 aromatic carbocycles. The van der Waals surface area contributed by atoms with Crippen LogP contribution >= 0.6 is 0 Å².